The van der Waals surface area contributed by atoms with Gasteiger partial charge in [-0.25, -0.2) is 0 Å². The molecule has 0 bridgehead atoms. The first-order valence-electron chi connectivity index (χ1n) is 14.0. The molecule has 0 unspecified atom stereocenters. The number of hydrogen-bond acceptors (Lipinski definition) is 6. The number of H-pyrrole nitrogens is 2. The molecular weight excluding hydrogens is 597 g/mol. The number of nitrogens with one attached hydrogen (secondary N) is 6. The Bertz CT molecular complexity index is 1690. The van der Waals surface area contributed by atoms with Crippen molar-refractivity contribution in [1.29, 1.82) is 0 Å². The minimum absolute atomic E-state index is 0.0668. The standard InChI is InChI=1S/C32H32N6O4S2/c39-29(17-43)37-27(12-19-15-33-25-10-3-1-8-23(19)25)31(41)35-21-6-5-7-22(14-21)36-32(42)28(38-30(40)18-44)13-20-16-34-26-11-4-2-9-24(20)26/h1-11,14-16,27-28,33-34,43-44H,12-13,17-18H2,(H,35,41)(H,36,42)(H,37,39)(H,38,40)/t27-,28-/m0/s1. The normalized spacial score (nSPS) is 12.4. The van der Waals surface area contributed by atoms with E-state index in [2.05, 4.69) is 56.5 Å². The molecule has 4 amide bonds. The maximum atomic E-state index is 13.4. The van der Waals surface area contributed by atoms with Crippen molar-refractivity contribution in [1.82, 2.24) is 20.6 Å². The predicted molar refractivity (Wildman–Crippen MR) is 179 cm³/mol. The zero-order chi connectivity index (χ0) is 31.1. The first kappa shape index (κ1) is 30.8. The third kappa shape index (κ3) is 7.44. The van der Waals surface area contributed by atoms with Crippen molar-refractivity contribution < 1.29 is 19.2 Å². The van der Waals surface area contributed by atoms with Crippen molar-refractivity contribution in [2.24, 2.45) is 0 Å². The number of carbonyl (C=O) groups excluding carboxylic acids is 4. The van der Waals surface area contributed by atoms with Crippen LogP contribution in [-0.2, 0) is 32.0 Å². The second-order valence-electron chi connectivity index (χ2n) is 10.2. The van der Waals surface area contributed by atoms with Crippen LogP contribution in [0.5, 0.6) is 0 Å². The number of para-hydroxylation sites is 2. The summed E-state index contributed by atoms with van der Waals surface area (Å²) in [5, 5.41) is 13.1. The maximum absolute atomic E-state index is 13.4. The highest BCUT2D eigenvalue weighted by Crippen LogP contribution is 2.22. The summed E-state index contributed by atoms with van der Waals surface area (Å²) in [6.45, 7) is 0. The first-order chi connectivity index (χ1) is 21.3. The van der Waals surface area contributed by atoms with Crippen molar-refractivity contribution in [2.75, 3.05) is 22.1 Å². The molecule has 0 fully saturated rings. The molecule has 226 valence electrons. The number of carbonyl (C=O) groups is 4. The molecule has 2 heterocycles. The molecule has 5 aromatic rings. The zero-order valence-corrected chi connectivity index (χ0v) is 25.4. The van der Waals surface area contributed by atoms with E-state index < -0.39 is 23.9 Å². The van der Waals surface area contributed by atoms with Gasteiger partial charge in [0.05, 0.1) is 11.5 Å². The fourth-order valence-corrected chi connectivity index (χ4v) is 5.26. The van der Waals surface area contributed by atoms with Crippen LogP contribution in [-0.4, -0.2) is 57.2 Å². The quantitative estimate of drug-likeness (QED) is 0.0992. The van der Waals surface area contributed by atoms with E-state index in [1.807, 2.05) is 60.9 Å². The van der Waals surface area contributed by atoms with Gasteiger partial charge in [-0.15, -0.1) is 0 Å². The van der Waals surface area contributed by atoms with Gasteiger partial charge in [0.1, 0.15) is 12.1 Å². The maximum Gasteiger partial charge on any atom is 0.247 e. The van der Waals surface area contributed by atoms with Crippen LogP contribution in [0.4, 0.5) is 11.4 Å². The van der Waals surface area contributed by atoms with E-state index in [9.17, 15) is 19.2 Å². The van der Waals surface area contributed by atoms with Crippen LogP contribution in [0.25, 0.3) is 21.8 Å². The van der Waals surface area contributed by atoms with Gasteiger partial charge in [-0.1, -0.05) is 42.5 Å². The molecule has 12 heteroatoms. The number of thiol groups is 2. The molecule has 0 saturated heterocycles. The Labute approximate surface area is 264 Å². The highest BCUT2D eigenvalue weighted by Gasteiger charge is 2.24. The number of rotatable bonds is 12. The van der Waals surface area contributed by atoms with Gasteiger partial charge in [-0.3, -0.25) is 19.2 Å². The second kappa shape index (κ2) is 14.2. The average molecular weight is 629 g/mol. The Hall–Kier alpha value is -4.68. The Morgan fingerprint density at radius 2 is 1.05 bits per heavy atom. The summed E-state index contributed by atoms with van der Waals surface area (Å²) in [6.07, 6.45) is 4.17. The second-order valence-corrected chi connectivity index (χ2v) is 10.9. The summed E-state index contributed by atoms with van der Waals surface area (Å²) < 4.78 is 0. The van der Waals surface area contributed by atoms with E-state index in [-0.39, 0.29) is 36.2 Å². The molecule has 0 aliphatic rings. The average Bonchev–Trinajstić information content (AvgIpc) is 3.64. The highest BCUT2D eigenvalue weighted by atomic mass is 32.1. The largest absolute Gasteiger partial charge is 0.361 e. The van der Waals surface area contributed by atoms with Crippen LogP contribution < -0.4 is 21.3 Å². The summed E-state index contributed by atoms with van der Waals surface area (Å²) in [4.78, 5) is 57.7. The van der Waals surface area contributed by atoms with E-state index in [0.29, 0.717) is 11.4 Å². The number of aromatic amines is 2. The van der Waals surface area contributed by atoms with E-state index in [1.54, 1.807) is 24.3 Å². The lowest BCUT2D eigenvalue weighted by molar-refractivity contribution is -0.124. The van der Waals surface area contributed by atoms with Crippen LogP contribution >= 0.6 is 25.3 Å². The fraction of sp³-hybridized carbons (Fsp3) is 0.188. The SMILES string of the molecule is O=C(CS)N[C@@H](Cc1c[nH]c2ccccc12)C(=O)Nc1cccc(NC(=O)[C@H](Cc2c[nH]c3ccccc23)NC(=O)CS)c1. The van der Waals surface area contributed by atoms with E-state index >= 15 is 0 Å². The smallest absolute Gasteiger partial charge is 0.247 e. The van der Waals surface area contributed by atoms with Gasteiger partial charge in [-0.05, 0) is 41.5 Å². The summed E-state index contributed by atoms with van der Waals surface area (Å²) in [7, 11) is 0. The molecule has 0 radical (unpaired) electrons. The summed E-state index contributed by atoms with van der Waals surface area (Å²) in [5.41, 5.74) is 4.46. The van der Waals surface area contributed by atoms with Crippen molar-refractivity contribution in [3.8, 4) is 0 Å². The van der Waals surface area contributed by atoms with Crippen LogP contribution in [0.2, 0.25) is 0 Å². The molecule has 10 nitrogen and oxygen atoms in total. The van der Waals surface area contributed by atoms with Crippen molar-refractivity contribution in [2.45, 2.75) is 24.9 Å². The van der Waals surface area contributed by atoms with Gasteiger partial charge in [0.25, 0.3) is 0 Å². The lowest BCUT2D eigenvalue weighted by Gasteiger charge is -2.20. The van der Waals surface area contributed by atoms with E-state index in [4.69, 9.17) is 0 Å². The molecule has 6 N–H and O–H groups in total. The molecule has 0 aliphatic heterocycles. The third-order valence-corrected chi connectivity index (χ3v) is 7.76. The van der Waals surface area contributed by atoms with Crippen LogP contribution in [0.15, 0.2) is 85.2 Å². The van der Waals surface area contributed by atoms with Gasteiger partial charge >= 0.3 is 0 Å². The number of anilines is 2. The monoisotopic (exact) mass is 628 g/mol. The summed E-state index contributed by atoms with van der Waals surface area (Å²) in [5.74, 6) is -1.73. The van der Waals surface area contributed by atoms with Crippen molar-refractivity contribution in [3.05, 3.63) is 96.3 Å². The fourth-order valence-electron chi connectivity index (χ4n) is 5.07. The molecule has 0 saturated carbocycles. The van der Waals surface area contributed by atoms with Crippen LogP contribution in [0.3, 0.4) is 0 Å². The Balaban J connectivity index is 1.30. The Kier molecular flexibility index (Phi) is 9.93. The van der Waals surface area contributed by atoms with Gasteiger partial charge in [0.15, 0.2) is 0 Å². The molecule has 2 aromatic heterocycles. The number of aromatic nitrogens is 2. The van der Waals surface area contributed by atoms with Crippen molar-refractivity contribution >= 4 is 82.1 Å². The minimum atomic E-state index is -0.871. The lowest BCUT2D eigenvalue weighted by Crippen LogP contribution is -2.46. The third-order valence-electron chi connectivity index (χ3n) is 7.19. The molecule has 44 heavy (non-hydrogen) atoms. The number of hydrogen-bond donors (Lipinski definition) is 8. The van der Waals surface area contributed by atoms with Gasteiger partial charge in [0, 0.05) is 58.4 Å². The van der Waals surface area contributed by atoms with Crippen molar-refractivity contribution in [3.63, 3.8) is 0 Å². The van der Waals surface area contributed by atoms with Crippen LogP contribution in [0.1, 0.15) is 11.1 Å². The predicted octanol–water partition coefficient (Wildman–Crippen LogP) is 3.84. The molecule has 0 aliphatic carbocycles. The van der Waals surface area contributed by atoms with Crippen LogP contribution in [0, 0.1) is 0 Å². The highest BCUT2D eigenvalue weighted by molar-refractivity contribution is 7.81. The molecule has 2 atom stereocenters. The van der Waals surface area contributed by atoms with Gasteiger partial charge in [-0.2, -0.15) is 25.3 Å². The van der Waals surface area contributed by atoms with Gasteiger partial charge in [0.2, 0.25) is 23.6 Å². The molecule has 3 aromatic carbocycles. The summed E-state index contributed by atoms with van der Waals surface area (Å²) >= 11 is 8.08. The molecule has 0 spiro atoms. The first-order valence-corrected chi connectivity index (χ1v) is 15.2. The van der Waals surface area contributed by atoms with E-state index in [0.717, 1.165) is 32.9 Å². The zero-order valence-electron chi connectivity index (χ0n) is 23.6. The number of fused-ring (bicyclic) bond motifs is 2. The number of amides is 4. The molecule has 5 rings (SSSR count). The Morgan fingerprint density at radius 1 is 0.614 bits per heavy atom. The van der Waals surface area contributed by atoms with Gasteiger partial charge < -0.3 is 31.2 Å². The molecular formula is C32H32N6O4S2. The minimum Gasteiger partial charge on any atom is -0.361 e. The van der Waals surface area contributed by atoms with E-state index in [1.165, 1.54) is 0 Å². The topological polar surface area (TPSA) is 148 Å². The Morgan fingerprint density at radius 3 is 1.48 bits per heavy atom. The number of benzene rings is 3. The lowest BCUT2D eigenvalue weighted by atomic mass is 10.0. The summed E-state index contributed by atoms with van der Waals surface area (Å²) in [6, 6.07) is 20.4.